The maximum Gasteiger partial charge on any atom is 0.446 e. The van der Waals surface area contributed by atoms with E-state index in [1.54, 1.807) is 0 Å². The number of nitrogens with zero attached hydrogens (tertiary/aromatic N) is 3. The molecule has 0 aromatic heterocycles. The second kappa shape index (κ2) is 10.2. The zero-order chi connectivity index (χ0) is 23.1. The molecule has 0 aliphatic carbocycles. The number of ether oxygens (including phenoxy) is 1. The van der Waals surface area contributed by atoms with Crippen LogP contribution in [0.4, 0.5) is 13.2 Å². The Bertz CT molecular complexity index is 1080. The van der Waals surface area contributed by atoms with Crippen LogP contribution < -0.4 is 4.18 Å². The number of hydrogen-bond acceptors (Lipinski definition) is 6. The predicted octanol–water partition coefficient (Wildman–Crippen LogP) is 4.03. The standard InChI is InChI=1S/C18H16F3N3O6S/c19-18(20,21)15-4-1-12(2-5-15)9-17(25)29-11-14-3-6-16(30-31(26,27)28)10-13(14)7-8-23-24-22/h1-6,10H,7-9,11H2,(H,26,27,28). The van der Waals surface area contributed by atoms with E-state index < -0.39 is 28.1 Å². The third kappa shape index (κ3) is 8.16. The van der Waals surface area contributed by atoms with E-state index >= 15 is 0 Å². The molecule has 0 spiro atoms. The van der Waals surface area contributed by atoms with Crippen molar-refractivity contribution in [3.63, 3.8) is 0 Å². The zero-order valence-electron chi connectivity index (χ0n) is 15.7. The van der Waals surface area contributed by atoms with Crippen LogP contribution >= 0.6 is 0 Å². The van der Waals surface area contributed by atoms with Crippen molar-refractivity contribution in [2.24, 2.45) is 5.11 Å². The van der Waals surface area contributed by atoms with Gasteiger partial charge in [-0.15, -0.1) is 0 Å². The SMILES string of the molecule is [N-]=[N+]=NCCc1cc(OS(=O)(=O)O)ccc1COC(=O)Cc1ccc(C(F)(F)F)cc1. The first-order chi connectivity index (χ1) is 14.5. The van der Waals surface area contributed by atoms with Gasteiger partial charge in [-0.25, -0.2) is 0 Å². The highest BCUT2D eigenvalue weighted by atomic mass is 32.3. The molecule has 0 heterocycles. The Balaban J connectivity index is 2.06. The first kappa shape index (κ1) is 24.0. The molecule has 0 fully saturated rings. The number of benzene rings is 2. The fraction of sp³-hybridized carbons (Fsp3) is 0.278. The minimum absolute atomic E-state index is 0.0261. The van der Waals surface area contributed by atoms with Gasteiger partial charge in [0.2, 0.25) is 0 Å². The van der Waals surface area contributed by atoms with E-state index in [1.807, 2.05) is 0 Å². The quantitative estimate of drug-likeness (QED) is 0.198. The maximum absolute atomic E-state index is 12.6. The minimum atomic E-state index is -4.74. The monoisotopic (exact) mass is 459 g/mol. The van der Waals surface area contributed by atoms with Gasteiger partial charge in [0.25, 0.3) is 0 Å². The lowest BCUT2D eigenvalue weighted by Crippen LogP contribution is -2.11. The minimum Gasteiger partial charge on any atom is -0.461 e. The van der Waals surface area contributed by atoms with Crippen LogP contribution in [0.15, 0.2) is 47.6 Å². The number of carbonyl (C=O) groups excluding carboxylic acids is 1. The molecule has 1 N–H and O–H groups in total. The third-order valence-electron chi connectivity index (χ3n) is 3.94. The lowest BCUT2D eigenvalue weighted by Gasteiger charge is -2.12. The molecule has 31 heavy (non-hydrogen) atoms. The van der Waals surface area contributed by atoms with Crippen molar-refractivity contribution in [3.8, 4) is 5.75 Å². The summed E-state index contributed by atoms with van der Waals surface area (Å²) in [6.45, 7) is -0.199. The molecule has 0 atom stereocenters. The van der Waals surface area contributed by atoms with E-state index in [2.05, 4.69) is 14.2 Å². The van der Waals surface area contributed by atoms with Gasteiger partial charge < -0.3 is 8.92 Å². The van der Waals surface area contributed by atoms with E-state index in [1.165, 1.54) is 30.3 Å². The van der Waals surface area contributed by atoms with E-state index in [0.717, 1.165) is 12.1 Å². The molecule has 0 saturated heterocycles. The van der Waals surface area contributed by atoms with Gasteiger partial charge in [-0.05, 0) is 52.9 Å². The summed E-state index contributed by atoms with van der Waals surface area (Å²) in [5.41, 5.74) is 8.78. The topological polar surface area (TPSA) is 139 Å². The maximum atomic E-state index is 12.6. The second-order valence-electron chi connectivity index (χ2n) is 6.18. The number of rotatable bonds is 9. The molecule has 0 unspecified atom stereocenters. The Morgan fingerprint density at radius 2 is 1.81 bits per heavy atom. The van der Waals surface area contributed by atoms with E-state index in [-0.39, 0.29) is 31.7 Å². The van der Waals surface area contributed by atoms with Crippen molar-refractivity contribution in [3.05, 3.63) is 75.2 Å². The molecule has 2 aromatic rings. The molecule has 2 aromatic carbocycles. The number of esters is 1. The fourth-order valence-electron chi connectivity index (χ4n) is 2.55. The van der Waals surface area contributed by atoms with Gasteiger partial charge in [0.1, 0.15) is 12.4 Å². The van der Waals surface area contributed by atoms with Crippen LogP contribution in [0.25, 0.3) is 10.4 Å². The Labute approximate surface area is 175 Å². The first-order valence-corrected chi connectivity index (χ1v) is 9.96. The van der Waals surface area contributed by atoms with Crippen molar-refractivity contribution >= 4 is 16.4 Å². The van der Waals surface area contributed by atoms with Crippen molar-refractivity contribution < 1.29 is 39.9 Å². The van der Waals surface area contributed by atoms with Gasteiger partial charge in [-0.1, -0.05) is 23.3 Å². The van der Waals surface area contributed by atoms with Crippen LogP contribution in [0.5, 0.6) is 5.75 Å². The molecule has 0 saturated carbocycles. The number of azide groups is 1. The number of hydrogen-bond donors (Lipinski definition) is 1. The molecular formula is C18H16F3N3O6S. The number of carbonyl (C=O) groups is 1. The van der Waals surface area contributed by atoms with E-state index in [4.69, 9.17) is 14.8 Å². The van der Waals surface area contributed by atoms with E-state index in [0.29, 0.717) is 16.7 Å². The molecule has 9 nitrogen and oxygen atoms in total. The van der Waals surface area contributed by atoms with Crippen molar-refractivity contribution in [2.45, 2.75) is 25.6 Å². The summed E-state index contributed by atoms with van der Waals surface area (Å²) in [5, 5.41) is 3.37. The fourth-order valence-corrected chi connectivity index (χ4v) is 2.90. The zero-order valence-corrected chi connectivity index (χ0v) is 16.6. The summed E-state index contributed by atoms with van der Waals surface area (Å²) in [6, 6.07) is 7.99. The third-order valence-corrected chi connectivity index (χ3v) is 4.35. The van der Waals surface area contributed by atoms with Crippen LogP contribution in [0.1, 0.15) is 22.3 Å². The molecular weight excluding hydrogens is 443 g/mol. The van der Waals surface area contributed by atoms with Gasteiger partial charge in [0.05, 0.1) is 12.0 Å². The normalized spacial score (nSPS) is 11.5. The molecule has 166 valence electrons. The van der Waals surface area contributed by atoms with Crippen LogP contribution in [0.2, 0.25) is 0 Å². The average Bonchev–Trinajstić information content (AvgIpc) is 2.66. The summed E-state index contributed by atoms with van der Waals surface area (Å²) in [4.78, 5) is 14.7. The lowest BCUT2D eigenvalue weighted by atomic mass is 10.0. The lowest BCUT2D eigenvalue weighted by molar-refractivity contribution is -0.144. The van der Waals surface area contributed by atoms with Crippen LogP contribution in [-0.2, 0) is 45.6 Å². The smallest absolute Gasteiger partial charge is 0.446 e. The summed E-state index contributed by atoms with van der Waals surface area (Å²) in [7, 11) is -4.74. The molecule has 2 rings (SSSR count). The van der Waals surface area contributed by atoms with Gasteiger partial charge in [-0.2, -0.15) is 21.6 Å². The molecule has 0 radical (unpaired) electrons. The first-order valence-electron chi connectivity index (χ1n) is 8.59. The molecule has 13 heteroatoms. The molecule has 0 aliphatic rings. The summed E-state index contributed by atoms with van der Waals surface area (Å²) in [6.07, 6.45) is -4.56. The molecule has 0 aliphatic heterocycles. The largest absolute Gasteiger partial charge is 0.461 e. The molecule has 0 bridgehead atoms. The van der Waals surface area contributed by atoms with Gasteiger partial charge in [-0.3, -0.25) is 9.35 Å². The van der Waals surface area contributed by atoms with Gasteiger partial charge >= 0.3 is 22.5 Å². The number of halogens is 3. The Kier molecular flexibility index (Phi) is 7.86. The second-order valence-corrected chi connectivity index (χ2v) is 7.20. The summed E-state index contributed by atoms with van der Waals surface area (Å²) in [5.74, 6) is -0.891. The predicted molar refractivity (Wildman–Crippen MR) is 101 cm³/mol. The highest BCUT2D eigenvalue weighted by Crippen LogP contribution is 2.29. The summed E-state index contributed by atoms with van der Waals surface area (Å²) >= 11 is 0. The highest BCUT2D eigenvalue weighted by molar-refractivity contribution is 7.81. The highest BCUT2D eigenvalue weighted by Gasteiger charge is 2.30. The average molecular weight is 459 g/mol. The van der Waals surface area contributed by atoms with Crippen molar-refractivity contribution in [2.75, 3.05) is 6.54 Å². The van der Waals surface area contributed by atoms with E-state index in [9.17, 15) is 26.4 Å². The van der Waals surface area contributed by atoms with Crippen molar-refractivity contribution in [1.29, 1.82) is 0 Å². The number of alkyl halides is 3. The van der Waals surface area contributed by atoms with Crippen LogP contribution in [0.3, 0.4) is 0 Å². The molecule has 0 amide bonds. The van der Waals surface area contributed by atoms with Crippen molar-refractivity contribution in [1.82, 2.24) is 0 Å². The summed E-state index contributed by atoms with van der Waals surface area (Å²) < 4.78 is 77.8. The van der Waals surface area contributed by atoms with Crippen LogP contribution in [-0.4, -0.2) is 25.5 Å². The Morgan fingerprint density at radius 3 is 2.39 bits per heavy atom. The van der Waals surface area contributed by atoms with Crippen LogP contribution in [0, 0.1) is 0 Å². The Morgan fingerprint density at radius 1 is 1.13 bits per heavy atom. The Hall–Kier alpha value is -3.28. The van der Waals surface area contributed by atoms with Gasteiger partial charge in [0, 0.05) is 11.5 Å². The van der Waals surface area contributed by atoms with Gasteiger partial charge in [0.15, 0.2) is 0 Å².